The van der Waals surface area contributed by atoms with Crippen molar-refractivity contribution in [1.29, 1.82) is 0 Å². The van der Waals surface area contributed by atoms with Crippen LogP contribution in [0.2, 0.25) is 0 Å². The second-order valence-electron chi connectivity index (χ2n) is 2.89. The molecule has 0 aromatic heterocycles. The van der Waals surface area contributed by atoms with Crippen LogP contribution in [0.4, 0.5) is 5.69 Å². The van der Waals surface area contributed by atoms with Crippen LogP contribution >= 0.6 is 0 Å². The molecule has 0 fully saturated rings. The van der Waals surface area contributed by atoms with Gasteiger partial charge < -0.3 is 19.9 Å². The summed E-state index contributed by atoms with van der Waals surface area (Å²) in [5.41, 5.74) is 0.718. The minimum Gasteiger partial charge on any atom is -0.493 e. The Kier molecular flexibility index (Phi) is 4.20. The standard InChI is InChI=1S/C11H13NO4/c1-15-9-4-3-8(7-10(9)16-2)12-6-5-11(13)14/h3-7,12H,1-2H3,(H,13,14)/b6-5+. The average molecular weight is 223 g/mol. The van der Waals surface area contributed by atoms with Gasteiger partial charge in [0.2, 0.25) is 0 Å². The Morgan fingerprint density at radius 2 is 2.00 bits per heavy atom. The van der Waals surface area contributed by atoms with Crippen LogP contribution in [0.1, 0.15) is 0 Å². The molecule has 0 heterocycles. The molecule has 0 aliphatic carbocycles. The molecule has 0 aliphatic heterocycles. The number of hydrogen-bond donors (Lipinski definition) is 2. The Balaban J connectivity index is 2.79. The van der Waals surface area contributed by atoms with Crippen molar-refractivity contribution in [1.82, 2.24) is 0 Å². The molecular formula is C11H13NO4. The quantitative estimate of drug-likeness (QED) is 0.744. The minimum absolute atomic E-state index is 0.580. The maximum absolute atomic E-state index is 10.2. The first kappa shape index (κ1) is 11.9. The first-order valence-corrected chi connectivity index (χ1v) is 4.55. The molecule has 0 amide bonds. The van der Waals surface area contributed by atoms with Gasteiger partial charge in [-0.25, -0.2) is 4.79 Å². The molecule has 1 aromatic rings. The lowest BCUT2D eigenvalue weighted by Gasteiger charge is -2.09. The average Bonchev–Trinajstić information content (AvgIpc) is 2.28. The van der Waals surface area contributed by atoms with Crippen molar-refractivity contribution < 1.29 is 19.4 Å². The van der Waals surface area contributed by atoms with Crippen molar-refractivity contribution in [2.75, 3.05) is 19.5 Å². The number of aliphatic carboxylic acids is 1. The highest BCUT2D eigenvalue weighted by atomic mass is 16.5. The first-order valence-electron chi connectivity index (χ1n) is 4.55. The van der Waals surface area contributed by atoms with Gasteiger partial charge in [-0.2, -0.15) is 0 Å². The maximum atomic E-state index is 10.2. The Morgan fingerprint density at radius 3 is 2.56 bits per heavy atom. The number of ether oxygens (including phenoxy) is 2. The summed E-state index contributed by atoms with van der Waals surface area (Å²) < 4.78 is 10.2. The lowest BCUT2D eigenvalue weighted by molar-refractivity contribution is -0.131. The normalized spacial score (nSPS) is 10.1. The fourth-order valence-corrected chi connectivity index (χ4v) is 1.14. The van der Waals surface area contributed by atoms with Gasteiger partial charge in [0, 0.05) is 24.0 Å². The molecule has 5 heteroatoms. The van der Waals surface area contributed by atoms with Crippen LogP contribution in [0.15, 0.2) is 30.5 Å². The summed E-state index contributed by atoms with van der Waals surface area (Å²) in [5, 5.41) is 11.2. The number of benzene rings is 1. The molecule has 0 radical (unpaired) electrons. The number of nitrogens with one attached hydrogen (secondary N) is 1. The predicted octanol–water partition coefficient (Wildman–Crippen LogP) is 1.71. The molecule has 0 saturated heterocycles. The Hall–Kier alpha value is -2.17. The largest absolute Gasteiger partial charge is 0.493 e. The number of carbonyl (C=O) groups is 1. The molecule has 2 N–H and O–H groups in total. The topological polar surface area (TPSA) is 67.8 Å². The van der Waals surface area contributed by atoms with Crippen molar-refractivity contribution in [2.24, 2.45) is 0 Å². The Labute approximate surface area is 93.3 Å². The number of carboxylic acids is 1. The molecule has 5 nitrogen and oxygen atoms in total. The monoisotopic (exact) mass is 223 g/mol. The molecule has 0 saturated carbocycles. The highest BCUT2D eigenvalue weighted by molar-refractivity contribution is 5.80. The summed E-state index contributed by atoms with van der Waals surface area (Å²) in [6.45, 7) is 0. The summed E-state index contributed by atoms with van der Waals surface area (Å²) in [6, 6.07) is 5.20. The van der Waals surface area contributed by atoms with Crippen molar-refractivity contribution >= 4 is 11.7 Å². The third-order valence-electron chi connectivity index (χ3n) is 1.86. The van der Waals surface area contributed by atoms with E-state index >= 15 is 0 Å². The molecule has 1 rings (SSSR count). The summed E-state index contributed by atoms with van der Waals surface area (Å²) in [7, 11) is 3.09. The number of anilines is 1. The van der Waals surface area contributed by atoms with Gasteiger partial charge in [0.05, 0.1) is 14.2 Å². The van der Waals surface area contributed by atoms with Gasteiger partial charge in [-0.3, -0.25) is 0 Å². The molecule has 16 heavy (non-hydrogen) atoms. The SMILES string of the molecule is COc1ccc(N/C=C/C(=O)O)cc1OC. The van der Waals surface area contributed by atoms with Gasteiger partial charge in [0.1, 0.15) is 0 Å². The summed E-state index contributed by atoms with van der Waals surface area (Å²) >= 11 is 0. The van der Waals surface area contributed by atoms with E-state index in [1.165, 1.54) is 13.3 Å². The Morgan fingerprint density at radius 1 is 1.31 bits per heavy atom. The summed E-state index contributed by atoms with van der Waals surface area (Å²) in [4.78, 5) is 10.2. The van der Waals surface area contributed by atoms with E-state index < -0.39 is 5.97 Å². The molecule has 0 bridgehead atoms. The lowest BCUT2D eigenvalue weighted by Crippen LogP contribution is -1.94. The van der Waals surface area contributed by atoms with Gasteiger partial charge in [0.15, 0.2) is 11.5 Å². The molecule has 1 aromatic carbocycles. The van der Waals surface area contributed by atoms with Crippen LogP contribution in [0.25, 0.3) is 0 Å². The van der Waals surface area contributed by atoms with E-state index in [0.717, 1.165) is 11.8 Å². The number of rotatable bonds is 5. The van der Waals surface area contributed by atoms with Crippen LogP contribution < -0.4 is 14.8 Å². The van der Waals surface area contributed by atoms with E-state index in [1.54, 1.807) is 25.3 Å². The molecule has 86 valence electrons. The van der Waals surface area contributed by atoms with Gasteiger partial charge in [0.25, 0.3) is 0 Å². The summed E-state index contributed by atoms with van der Waals surface area (Å²) in [6.07, 6.45) is 2.35. The fraction of sp³-hybridized carbons (Fsp3) is 0.182. The number of methoxy groups -OCH3 is 2. The molecule has 0 spiro atoms. The molecule has 0 aliphatic rings. The zero-order chi connectivity index (χ0) is 12.0. The van der Waals surface area contributed by atoms with Crippen molar-refractivity contribution in [3.63, 3.8) is 0 Å². The summed E-state index contributed by atoms with van der Waals surface area (Å²) in [5.74, 6) is 0.194. The number of carboxylic acid groups (broad SMARTS) is 1. The highest BCUT2D eigenvalue weighted by Crippen LogP contribution is 2.29. The molecule has 0 atom stereocenters. The van der Waals surface area contributed by atoms with Gasteiger partial charge >= 0.3 is 5.97 Å². The third-order valence-corrected chi connectivity index (χ3v) is 1.86. The van der Waals surface area contributed by atoms with E-state index in [-0.39, 0.29) is 0 Å². The third kappa shape index (κ3) is 3.20. The van der Waals surface area contributed by atoms with Crippen LogP contribution in [-0.4, -0.2) is 25.3 Å². The maximum Gasteiger partial charge on any atom is 0.329 e. The first-order chi connectivity index (χ1) is 7.67. The smallest absolute Gasteiger partial charge is 0.329 e. The zero-order valence-electron chi connectivity index (χ0n) is 9.06. The van der Waals surface area contributed by atoms with E-state index in [2.05, 4.69) is 5.32 Å². The van der Waals surface area contributed by atoms with Gasteiger partial charge in [-0.1, -0.05) is 0 Å². The fourth-order valence-electron chi connectivity index (χ4n) is 1.14. The molecular weight excluding hydrogens is 210 g/mol. The van der Waals surface area contributed by atoms with E-state index in [1.807, 2.05) is 0 Å². The Bertz CT molecular complexity index is 401. The van der Waals surface area contributed by atoms with E-state index in [0.29, 0.717) is 11.5 Å². The lowest BCUT2D eigenvalue weighted by atomic mass is 10.3. The number of hydrogen-bond acceptors (Lipinski definition) is 4. The van der Waals surface area contributed by atoms with E-state index in [4.69, 9.17) is 14.6 Å². The van der Waals surface area contributed by atoms with Crippen molar-refractivity contribution in [2.45, 2.75) is 0 Å². The van der Waals surface area contributed by atoms with Crippen molar-refractivity contribution in [3.05, 3.63) is 30.5 Å². The van der Waals surface area contributed by atoms with Crippen LogP contribution in [0.5, 0.6) is 11.5 Å². The van der Waals surface area contributed by atoms with Crippen molar-refractivity contribution in [3.8, 4) is 11.5 Å². The van der Waals surface area contributed by atoms with Crippen LogP contribution in [0, 0.1) is 0 Å². The van der Waals surface area contributed by atoms with E-state index in [9.17, 15) is 4.79 Å². The second-order valence-corrected chi connectivity index (χ2v) is 2.89. The minimum atomic E-state index is -1.01. The second kappa shape index (κ2) is 5.65. The van der Waals surface area contributed by atoms with Crippen LogP contribution in [-0.2, 0) is 4.79 Å². The zero-order valence-corrected chi connectivity index (χ0v) is 9.06. The predicted molar refractivity (Wildman–Crippen MR) is 59.9 cm³/mol. The van der Waals surface area contributed by atoms with Crippen LogP contribution in [0.3, 0.4) is 0 Å². The highest BCUT2D eigenvalue weighted by Gasteiger charge is 2.03. The van der Waals surface area contributed by atoms with Gasteiger partial charge in [-0.05, 0) is 12.1 Å². The molecule has 0 unspecified atom stereocenters. The van der Waals surface area contributed by atoms with Gasteiger partial charge in [-0.15, -0.1) is 0 Å².